The largest absolute Gasteiger partial charge is 0.493 e. The first-order valence-electron chi connectivity index (χ1n) is 4.32. The van der Waals surface area contributed by atoms with Gasteiger partial charge in [0.1, 0.15) is 11.6 Å². The second-order valence-electron chi connectivity index (χ2n) is 3.17. The van der Waals surface area contributed by atoms with Crippen LogP contribution in [0, 0.1) is 11.7 Å². The summed E-state index contributed by atoms with van der Waals surface area (Å²) in [5, 5.41) is 8.81. The van der Waals surface area contributed by atoms with E-state index in [2.05, 4.69) is 0 Å². The molecule has 1 N–H and O–H groups in total. The van der Waals surface area contributed by atoms with Gasteiger partial charge in [0.2, 0.25) is 0 Å². The number of aliphatic hydroxyl groups excluding tert-OH is 1. The maximum atomic E-state index is 12.9. The van der Waals surface area contributed by atoms with Crippen molar-refractivity contribution in [3.63, 3.8) is 0 Å². The van der Waals surface area contributed by atoms with E-state index in [0.717, 1.165) is 0 Å². The van der Waals surface area contributed by atoms with Gasteiger partial charge in [0, 0.05) is 18.6 Å². The molecule has 2 nitrogen and oxygen atoms in total. The van der Waals surface area contributed by atoms with Gasteiger partial charge in [0.15, 0.2) is 0 Å². The summed E-state index contributed by atoms with van der Waals surface area (Å²) in [4.78, 5) is 0. The number of ether oxygens (including phenoxy) is 1. The quantitative estimate of drug-likeness (QED) is 0.842. The van der Waals surface area contributed by atoms with Crippen molar-refractivity contribution >= 4 is 11.6 Å². The van der Waals surface area contributed by atoms with Crippen LogP contribution in [-0.4, -0.2) is 18.3 Å². The van der Waals surface area contributed by atoms with Crippen molar-refractivity contribution in [3.05, 3.63) is 29.0 Å². The van der Waals surface area contributed by atoms with E-state index in [1.165, 1.54) is 12.1 Å². The van der Waals surface area contributed by atoms with Crippen molar-refractivity contribution in [2.45, 2.75) is 6.92 Å². The third kappa shape index (κ3) is 3.16. The minimum absolute atomic E-state index is 0.0359. The molecule has 0 aliphatic carbocycles. The molecule has 14 heavy (non-hydrogen) atoms. The predicted molar refractivity (Wildman–Crippen MR) is 53.2 cm³/mol. The van der Waals surface area contributed by atoms with Crippen LogP contribution in [0.3, 0.4) is 0 Å². The summed E-state index contributed by atoms with van der Waals surface area (Å²) in [6.07, 6.45) is 0. The SMILES string of the molecule is CC(CO)COc1ccc(Cl)c(F)c1. The first kappa shape index (κ1) is 11.3. The van der Waals surface area contributed by atoms with Gasteiger partial charge in [-0.15, -0.1) is 0 Å². The van der Waals surface area contributed by atoms with Crippen molar-refractivity contribution in [3.8, 4) is 5.75 Å². The van der Waals surface area contributed by atoms with Crippen LogP contribution in [0.1, 0.15) is 6.92 Å². The van der Waals surface area contributed by atoms with Gasteiger partial charge in [-0.1, -0.05) is 18.5 Å². The number of benzene rings is 1. The number of hydrogen-bond donors (Lipinski definition) is 1. The molecule has 0 radical (unpaired) electrons. The zero-order valence-electron chi connectivity index (χ0n) is 7.84. The summed E-state index contributed by atoms with van der Waals surface area (Å²) in [5.74, 6) is -0.0400. The van der Waals surface area contributed by atoms with Gasteiger partial charge in [-0.2, -0.15) is 0 Å². The van der Waals surface area contributed by atoms with Crippen LogP contribution < -0.4 is 4.74 Å². The Kier molecular flexibility index (Phi) is 4.17. The van der Waals surface area contributed by atoms with E-state index in [1.54, 1.807) is 6.07 Å². The van der Waals surface area contributed by atoms with E-state index in [0.29, 0.717) is 12.4 Å². The van der Waals surface area contributed by atoms with Crippen molar-refractivity contribution in [2.24, 2.45) is 5.92 Å². The number of aliphatic hydroxyl groups is 1. The zero-order valence-corrected chi connectivity index (χ0v) is 8.59. The van der Waals surface area contributed by atoms with Gasteiger partial charge in [0.05, 0.1) is 11.6 Å². The van der Waals surface area contributed by atoms with E-state index < -0.39 is 5.82 Å². The fourth-order valence-corrected chi connectivity index (χ4v) is 0.975. The highest BCUT2D eigenvalue weighted by Gasteiger charge is 2.04. The van der Waals surface area contributed by atoms with E-state index in [9.17, 15) is 4.39 Å². The minimum Gasteiger partial charge on any atom is -0.493 e. The van der Waals surface area contributed by atoms with Crippen LogP contribution >= 0.6 is 11.6 Å². The van der Waals surface area contributed by atoms with Crippen LogP contribution in [0.5, 0.6) is 5.75 Å². The van der Waals surface area contributed by atoms with Crippen LogP contribution in [0.15, 0.2) is 18.2 Å². The Morgan fingerprint density at radius 3 is 2.86 bits per heavy atom. The maximum Gasteiger partial charge on any atom is 0.145 e. The lowest BCUT2D eigenvalue weighted by atomic mass is 10.2. The molecular formula is C10H12ClFO2. The highest BCUT2D eigenvalue weighted by Crippen LogP contribution is 2.20. The minimum atomic E-state index is -0.499. The summed E-state index contributed by atoms with van der Waals surface area (Å²) in [6, 6.07) is 4.26. The Hall–Kier alpha value is -0.800. The molecule has 0 aromatic heterocycles. The first-order valence-corrected chi connectivity index (χ1v) is 4.70. The molecular weight excluding hydrogens is 207 g/mol. The Morgan fingerprint density at radius 1 is 1.57 bits per heavy atom. The maximum absolute atomic E-state index is 12.9. The highest BCUT2D eigenvalue weighted by atomic mass is 35.5. The van der Waals surface area contributed by atoms with Crippen LogP contribution in [0.2, 0.25) is 5.02 Å². The molecule has 0 bridgehead atoms. The number of halogens is 2. The average molecular weight is 219 g/mol. The molecule has 0 heterocycles. The molecule has 0 spiro atoms. The second kappa shape index (κ2) is 5.17. The predicted octanol–water partition coefficient (Wildman–Crippen LogP) is 2.49. The number of rotatable bonds is 4. The normalized spacial score (nSPS) is 12.6. The summed E-state index contributed by atoms with van der Waals surface area (Å²) in [7, 11) is 0. The molecule has 1 atom stereocenters. The summed E-state index contributed by atoms with van der Waals surface area (Å²) >= 11 is 5.50. The lowest BCUT2D eigenvalue weighted by Crippen LogP contribution is -2.12. The van der Waals surface area contributed by atoms with Crippen molar-refractivity contribution in [2.75, 3.05) is 13.2 Å². The molecule has 0 saturated carbocycles. The monoisotopic (exact) mass is 218 g/mol. The standard InChI is InChI=1S/C10H12ClFO2/c1-7(5-13)6-14-8-2-3-9(11)10(12)4-8/h2-4,7,13H,5-6H2,1H3. The summed E-state index contributed by atoms with van der Waals surface area (Å²) in [5.41, 5.74) is 0. The molecule has 4 heteroatoms. The van der Waals surface area contributed by atoms with Crippen LogP contribution in [0.25, 0.3) is 0 Å². The lowest BCUT2D eigenvalue weighted by Gasteiger charge is -2.10. The van der Waals surface area contributed by atoms with E-state index in [4.69, 9.17) is 21.4 Å². The van der Waals surface area contributed by atoms with Crippen LogP contribution in [-0.2, 0) is 0 Å². The number of hydrogen-bond acceptors (Lipinski definition) is 2. The topological polar surface area (TPSA) is 29.5 Å². The van der Waals surface area contributed by atoms with Crippen LogP contribution in [0.4, 0.5) is 4.39 Å². The fraction of sp³-hybridized carbons (Fsp3) is 0.400. The Labute approximate surface area is 87.3 Å². The van der Waals surface area contributed by atoms with Crippen molar-refractivity contribution in [1.82, 2.24) is 0 Å². The smallest absolute Gasteiger partial charge is 0.145 e. The van der Waals surface area contributed by atoms with E-state index in [-0.39, 0.29) is 17.5 Å². The van der Waals surface area contributed by atoms with Gasteiger partial charge < -0.3 is 9.84 Å². The molecule has 78 valence electrons. The van der Waals surface area contributed by atoms with Gasteiger partial charge in [0.25, 0.3) is 0 Å². The molecule has 0 saturated heterocycles. The average Bonchev–Trinajstić information content (AvgIpc) is 2.19. The molecule has 0 fully saturated rings. The van der Waals surface area contributed by atoms with Gasteiger partial charge in [-0.3, -0.25) is 0 Å². The second-order valence-corrected chi connectivity index (χ2v) is 3.58. The van der Waals surface area contributed by atoms with Gasteiger partial charge in [-0.25, -0.2) is 4.39 Å². The summed E-state index contributed by atoms with van der Waals surface area (Å²) in [6.45, 7) is 2.25. The third-order valence-corrected chi connectivity index (χ3v) is 2.04. The molecule has 1 unspecified atom stereocenters. The molecule has 0 amide bonds. The fourth-order valence-electron chi connectivity index (χ4n) is 0.858. The molecule has 1 aromatic rings. The molecule has 0 aliphatic rings. The zero-order chi connectivity index (χ0) is 10.6. The van der Waals surface area contributed by atoms with E-state index in [1.807, 2.05) is 6.92 Å². The van der Waals surface area contributed by atoms with E-state index >= 15 is 0 Å². The van der Waals surface area contributed by atoms with Gasteiger partial charge >= 0.3 is 0 Å². The lowest BCUT2D eigenvalue weighted by molar-refractivity contribution is 0.174. The Morgan fingerprint density at radius 2 is 2.29 bits per heavy atom. The first-order chi connectivity index (χ1) is 6.63. The molecule has 0 aliphatic heterocycles. The highest BCUT2D eigenvalue weighted by molar-refractivity contribution is 6.30. The van der Waals surface area contributed by atoms with Gasteiger partial charge in [-0.05, 0) is 12.1 Å². The molecule has 1 rings (SSSR count). The Bertz CT molecular complexity index is 304. The summed E-state index contributed by atoms with van der Waals surface area (Å²) < 4.78 is 18.2. The van der Waals surface area contributed by atoms with Crippen molar-refractivity contribution < 1.29 is 14.2 Å². The molecule has 1 aromatic carbocycles. The Balaban J connectivity index is 2.55. The third-order valence-electron chi connectivity index (χ3n) is 1.74. The van der Waals surface area contributed by atoms with Crippen molar-refractivity contribution in [1.29, 1.82) is 0 Å².